The van der Waals surface area contributed by atoms with Gasteiger partial charge in [0, 0.05) is 13.1 Å². The molecule has 1 heterocycles. The monoisotopic (exact) mass is 329 g/mol. The Labute approximate surface area is 136 Å². The number of sulfone groups is 1. The molecule has 0 N–H and O–H groups in total. The van der Waals surface area contributed by atoms with Crippen LogP contribution in [0, 0.1) is 0 Å². The van der Waals surface area contributed by atoms with Crippen LogP contribution in [-0.4, -0.2) is 31.0 Å². The van der Waals surface area contributed by atoms with Gasteiger partial charge in [0.15, 0.2) is 9.84 Å². The Balaban J connectivity index is 1.81. The molecule has 0 saturated heterocycles. The molecule has 5 heteroatoms. The summed E-state index contributed by atoms with van der Waals surface area (Å²) in [5.74, 6) is -0.330. The van der Waals surface area contributed by atoms with E-state index < -0.39 is 15.1 Å². The van der Waals surface area contributed by atoms with Crippen LogP contribution in [0.5, 0.6) is 0 Å². The lowest BCUT2D eigenvalue weighted by Crippen LogP contribution is -2.43. The third kappa shape index (κ3) is 3.01. The van der Waals surface area contributed by atoms with Crippen molar-refractivity contribution in [3.05, 3.63) is 65.7 Å². The van der Waals surface area contributed by atoms with E-state index in [4.69, 9.17) is 0 Å². The van der Waals surface area contributed by atoms with Crippen LogP contribution >= 0.6 is 0 Å². The molecule has 23 heavy (non-hydrogen) atoms. The summed E-state index contributed by atoms with van der Waals surface area (Å²) in [5.41, 5.74) is 2.33. The maximum atomic E-state index is 12.7. The van der Waals surface area contributed by atoms with Gasteiger partial charge >= 0.3 is 0 Å². The predicted octanol–water partition coefficient (Wildman–Crippen LogP) is 2.43. The highest BCUT2D eigenvalue weighted by atomic mass is 32.2. The van der Waals surface area contributed by atoms with Gasteiger partial charge in [-0.05, 0) is 36.6 Å². The van der Waals surface area contributed by atoms with E-state index in [-0.39, 0.29) is 10.8 Å². The highest BCUT2D eigenvalue weighted by Gasteiger charge is 2.34. The molecule has 1 aliphatic heterocycles. The molecule has 0 bridgehead atoms. The fraction of sp³-hybridized carbons (Fsp3) is 0.278. The van der Waals surface area contributed by atoms with Gasteiger partial charge in [0.05, 0.1) is 4.90 Å². The van der Waals surface area contributed by atoms with E-state index in [0.717, 1.165) is 12.0 Å². The lowest BCUT2D eigenvalue weighted by atomic mass is 10.00. The fourth-order valence-electron chi connectivity index (χ4n) is 2.89. The van der Waals surface area contributed by atoms with Gasteiger partial charge in [-0.2, -0.15) is 0 Å². The Kier molecular flexibility index (Phi) is 4.22. The Morgan fingerprint density at radius 3 is 2.30 bits per heavy atom. The summed E-state index contributed by atoms with van der Waals surface area (Å²) >= 11 is 0. The lowest BCUT2D eigenvalue weighted by molar-refractivity contribution is -0.131. The van der Waals surface area contributed by atoms with Gasteiger partial charge in [-0.15, -0.1) is 0 Å². The summed E-state index contributed by atoms with van der Waals surface area (Å²) < 4.78 is 25.2. The quantitative estimate of drug-likeness (QED) is 0.869. The zero-order valence-electron chi connectivity index (χ0n) is 13.0. The Bertz CT molecular complexity index is 815. The van der Waals surface area contributed by atoms with Crippen LogP contribution < -0.4 is 0 Å². The van der Waals surface area contributed by atoms with E-state index in [1.807, 2.05) is 18.2 Å². The van der Waals surface area contributed by atoms with Crippen molar-refractivity contribution in [3.63, 3.8) is 0 Å². The molecule has 0 radical (unpaired) electrons. The summed E-state index contributed by atoms with van der Waals surface area (Å²) in [6, 6.07) is 16.1. The van der Waals surface area contributed by atoms with Crippen molar-refractivity contribution < 1.29 is 13.2 Å². The highest BCUT2D eigenvalue weighted by Crippen LogP contribution is 2.22. The van der Waals surface area contributed by atoms with E-state index in [0.29, 0.717) is 13.1 Å². The van der Waals surface area contributed by atoms with Crippen molar-refractivity contribution in [2.45, 2.75) is 30.0 Å². The van der Waals surface area contributed by atoms with Gasteiger partial charge in [-0.1, -0.05) is 42.5 Å². The number of carbonyl (C=O) groups excluding carboxylic acids is 1. The lowest BCUT2D eigenvalue weighted by Gasteiger charge is -2.30. The van der Waals surface area contributed by atoms with Gasteiger partial charge in [0.1, 0.15) is 5.25 Å². The van der Waals surface area contributed by atoms with Crippen molar-refractivity contribution in [1.29, 1.82) is 0 Å². The number of rotatable bonds is 3. The minimum atomic E-state index is -3.66. The fourth-order valence-corrected chi connectivity index (χ4v) is 4.25. The molecular weight excluding hydrogens is 310 g/mol. The molecule has 4 nitrogen and oxygen atoms in total. The summed E-state index contributed by atoms with van der Waals surface area (Å²) in [4.78, 5) is 14.5. The van der Waals surface area contributed by atoms with Crippen molar-refractivity contribution in [1.82, 2.24) is 4.90 Å². The first-order valence-corrected chi connectivity index (χ1v) is 9.19. The molecule has 2 aromatic carbocycles. The Hall–Kier alpha value is -2.14. The van der Waals surface area contributed by atoms with Crippen molar-refractivity contribution in [3.8, 4) is 0 Å². The van der Waals surface area contributed by atoms with Crippen LogP contribution in [0.3, 0.4) is 0 Å². The number of benzene rings is 2. The molecule has 0 aliphatic carbocycles. The van der Waals surface area contributed by atoms with Crippen LogP contribution in [0.15, 0.2) is 59.5 Å². The number of hydrogen-bond donors (Lipinski definition) is 0. The molecule has 3 rings (SSSR count). The van der Waals surface area contributed by atoms with Crippen LogP contribution in [0.1, 0.15) is 18.1 Å². The normalized spacial score (nSPS) is 15.8. The average Bonchev–Trinajstić information content (AvgIpc) is 2.60. The first-order valence-electron chi connectivity index (χ1n) is 7.64. The molecule has 0 aromatic heterocycles. The van der Waals surface area contributed by atoms with E-state index in [1.165, 1.54) is 24.6 Å². The third-order valence-electron chi connectivity index (χ3n) is 4.33. The molecule has 0 fully saturated rings. The molecule has 1 amide bonds. The summed E-state index contributed by atoms with van der Waals surface area (Å²) in [7, 11) is -3.66. The molecule has 0 spiro atoms. The van der Waals surface area contributed by atoms with Crippen molar-refractivity contribution in [2.24, 2.45) is 0 Å². The van der Waals surface area contributed by atoms with Gasteiger partial charge in [-0.3, -0.25) is 4.79 Å². The largest absolute Gasteiger partial charge is 0.337 e. The smallest absolute Gasteiger partial charge is 0.241 e. The number of nitrogens with zero attached hydrogens (tertiary/aromatic N) is 1. The van der Waals surface area contributed by atoms with Gasteiger partial charge < -0.3 is 4.90 Å². The third-order valence-corrected chi connectivity index (χ3v) is 6.39. The molecule has 1 atom stereocenters. The number of amides is 1. The predicted molar refractivity (Wildman–Crippen MR) is 88.7 cm³/mol. The van der Waals surface area contributed by atoms with Crippen LogP contribution in [-0.2, 0) is 27.6 Å². The van der Waals surface area contributed by atoms with Crippen molar-refractivity contribution >= 4 is 15.7 Å². The maximum Gasteiger partial charge on any atom is 0.241 e. The highest BCUT2D eigenvalue weighted by molar-refractivity contribution is 7.92. The Morgan fingerprint density at radius 1 is 1.00 bits per heavy atom. The van der Waals surface area contributed by atoms with E-state index in [2.05, 4.69) is 6.07 Å². The van der Waals surface area contributed by atoms with E-state index in [1.54, 1.807) is 23.1 Å². The minimum absolute atomic E-state index is 0.193. The van der Waals surface area contributed by atoms with Gasteiger partial charge in [0.25, 0.3) is 0 Å². The zero-order valence-corrected chi connectivity index (χ0v) is 13.8. The standard InChI is InChI=1S/C18H19NO3S/c1-14(23(21,22)17-9-3-2-4-10-17)18(20)19-12-11-15-7-5-6-8-16(15)13-19/h2-10,14H,11-13H2,1H3/t14-/m1/s1. The molecule has 120 valence electrons. The second kappa shape index (κ2) is 6.16. The van der Waals surface area contributed by atoms with Crippen LogP contribution in [0.2, 0.25) is 0 Å². The molecule has 0 unspecified atom stereocenters. The number of hydrogen-bond acceptors (Lipinski definition) is 3. The first-order chi connectivity index (χ1) is 11.0. The van der Waals surface area contributed by atoms with E-state index >= 15 is 0 Å². The van der Waals surface area contributed by atoms with Gasteiger partial charge in [0.2, 0.25) is 5.91 Å². The van der Waals surface area contributed by atoms with Crippen molar-refractivity contribution in [2.75, 3.05) is 6.54 Å². The SMILES string of the molecule is C[C@H](C(=O)N1CCc2ccccc2C1)S(=O)(=O)c1ccccc1. The zero-order chi connectivity index (χ0) is 16.4. The number of carbonyl (C=O) groups is 1. The number of fused-ring (bicyclic) bond motifs is 1. The maximum absolute atomic E-state index is 12.7. The summed E-state index contributed by atoms with van der Waals surface area (Å²) in [6.07, 6.45) is 0.764. The van der Waals surface area contributed by atoms with E-state index in [9.17, 15) is 13.2 Å². The Morgan fingerprint density at radius 2 is 1.61 bits per heavy atom. The van der Waals surface area contributed by atoms with Crippen LogP contribution in [0.25, 0.3) is 0 Å². The molecule has 0 saturated carbocycles. The second-order valence-corrected chi connectivity index (χ2v) is 8.05. The molecule has 1 aliphatic rings. The molecule has 2 aromatic rings. The second-order valence-electron chi connectivity index (χ2n) is 5.78. The van der Waals surface area contributed by atoms with Gasteiger partial charge in [-0.25, -0.2) is 8.42 Å². The first kappa shape index (κ1) is 15.7. The summed E-state index contributed by atoms with van der Waals surface area (Å²) in [6.45, 7) is 2.51. The average molecular weight is 329 g/mol. The summed E-state index contributed by atoms with van der Waals surface area (Å²) in [5, 5.41) is -1.07. The minimum Gasteiger partial charge on any atom is -0.337 e. The van der Waals surface area contributed by atoms with Crippen LogP contribution in [0.4, 0.5) is 0 Å². The molecular formula is C18H19NO3S. The topological polar surface area (TPSA) is 54.5 Å².